The average molecular weight is 469 g/mol. The summed E-state index contributed by atoms with van der Waals surface area (Å²) in [5, 5.41) is 2.87. The Labute approximate surface area is 202 Å². The minimum atomic E-state index is -0.384. The SMILES string of the molecule is CCC(C)NC(=O)Cc1ccc(OCC[C@@H]2C[C@@H]2C2CCN(c3ncc(C)cn3)CC2)cc1F. The number of halogens is 1. The van der Waals surface area contributed by atoms with Crippen LogP contribution in [0.15, 0.2) is 30.6 Å². The molecule has 4 rings (SSSR count). The van der Waals surface area contributed by atoms with E-state index in [4.69, 9.17) is 4.74 Å². The van der Waals surface area contributed by atoms with Crippen molar-refractivity contribution in [2.45, 2.75) is 65.3 Å². The van der Waals surface area contributed by atoms with Crippen LogP contribution >= 0.6 is 0 Å². The number of nitrogens with one attached hydrogen (secondary N) is 1. The molecule has 1 aromatic carbocycles. The number of nitrogens with zero attached hydrogens (tertiary/aromatic N) is 3. The monoisotopic (exact) mass is 468 g/mol. The molecule has 1 unspecified atom stereocenters. The van der Waals surface area contributed by atoms with Gasteiger partial charge in [-0.05, 0) is 80.9 Å². The molecule has 0 radical (unpaired) electrons. The van der Waals surface area contributed by atoms with E-state index in [1.54, 1.807) is 12.1 Å². The highest BCUT2D eigenvalue weighted by molar-refractivity contribution is 5.78. The molecule has 3 atom stereocenters. The molecule has 184 valence electrons. The summed E-state index contributed by atoms with van der Waals surface area (Å²) < 4.78 is 20.3. The second kappa shape index (κ2) is 11.2. The molecule has 1 aliphatic carbocycles. The molecule has 1 saturated heterocycles. The topological polar surface area (TPSA) is 67.3 Å². The Hall–Kier alpha value is -2.70. The number of carbonyl (C=O) groups excluding carboxylic acids is 1. The molecule has 0 spiro atoms. The number of piperidine rings is 1. The zero-order valence-electron chi connectivity index (χ0n) is 20.6. The zero-order chi connectivity index (χ0) is 24.1. The Morgan fingerprint density at radius 1 is 1.26 bits per heavy atom. The molecule has 1 aromatic heterocycles. The fourth-order valence-electron chi connectivity index (χ4n) is 4.95. The molecule has 2 heterocycles. The normalized spacial score (nSPS) is 21.2. The lowest BCUT2D eigenvalue weighted by Gasteiger charge is -2.32. The summed E-state index contributed by atoms with van der Waals surface area (Å²) in [7, 11) is 0. The maximum atomic E-state index is 14.4. The van der Waals surface area contributed by atoms with Crippen molar-refractivity contribution in [2.24, 2.45) is 17.8 Å². The van der Waals surface area contributed by atoms with E-state index in [1.807, 2.05) is 33.2 Å². The third kappa shape index (κ3) is 6.45. The second-order valence-electron chi connectivity index (χ2n) is 9.99. The van der Waals surface area contributed by atoms with Crippen LogP contribution in [0.2, 0.25) is 0 Å². The third-order valence-electron chi connectivity index (χ3n) is 7.33. The minimum absolute atomic E-state index is 0.0507. The molecular formula is C27H37FN4O2. The Kier molecular flexibility index (Phi) is 8.01. The molecule has 0 bridgehead atoms. The minimum Gasteiger partial charge on any atom is -0.493 e. The van der Waals surface area contributed by atoms with E-state index in [1.165, 1.54) is 25.3 Å². The zero-order valence-corrected chi connectivity index (χ0v) is 20.6. The number of hydrogen-bond donors (Lipinski definition) is 1. The lowest BCUT2D eigenvalue weighted by atomic mass is 9.90. The van der Waals surface area contributed by atoms with Crippen LogP contribution in [0.25, 0.3) is 0 Å². The van der Waals surface area contributed by atoms with Crippen molar-refractivity contribution in [1.29, 1.82) is 0 Å². The van der Waals surface area contributed by atoms with Gasteiger partial charge < -0.3 is 15.0 Å². The van der Waals surface area contributed by atoms with Gasteiger partial charge in [-0.1, -0.05) is 13.0 Å². The predicted octanol–water partition coefficient (Wildman–Crippen LogP) is 4.70. The number of ether oxygens (including phenoxy) is 1. The van der Waals surface area contributed by atoms with E-state index < -0.39 is 0 Å². The van der Waals surface area contributed by atoms with Crippen LogP contribution in [-0.4, -0.2) is 41.6 Å². The van der Waals surface area contributed by atoms with Crippen molar-refractivity contribution < 1.29 is 13.9 Å². The lowest BCUT2D eigenvalue weighted by molar-refractivity contribution is -0.121. The van der Waals surface area contributed by atoms with Crippen LogP contribution in [0.5, 0.6) is 5.75 Å². The van der Waals surface area contributed by atoms with Gasteiger partial charge in [-0.2, -0.15) is 0 Å². The van der Waals surface area contributed by atoms with Gasteiger partial charge in [0.25, 0.3) is 0 Å². The highest BCUT2D eigenvalue weighted by Crippen LogP contribution is 2.49. The molecule has 1 aliphatic heterocycles. The Bertz CT molecular complexity index is 960. The number of hydrogen-bond acceptors (Lipinski definition) is 5. The molecule has 7 heteroatoms. The second-order valence-corrected chi connectivity index (χ2v) is 9.99. The quantitative estimate of drug-likeness (QED) is 0.547. The van der Waals surface area contributed by atoms with Crippen LogP contribution in [-0.2, 0) is 11.2 Å². The van der Waals surface area contributed by atoms with E-state index in [9.17, 15) is 9.18 Å². The van der Waals surface area contributed by atoms with E-state index in [-0.39, 0.29) is 24.2 Å². The van der Waals surface area contributed by atoms with Gasteiger partial charge in [0, 0.05) is 37.6 Å². The Morgan fingerprint density at radius 3 is 2.68 bits per heavy atom. The van der Waals surface area contributed by atoms with Crippen molar-refractivity contribution in [2.75, 3.05) is 24.6 Å². The fourth-order valence-corrected chi connectivity index (χ4v) is 4.95. The number of aromatic nitrogens is 2. The molecule has 6 nitrogen and oxygen atoms in total. The maximum absolute atomic E-state index is 14.4. The summed E-state index contributed by atoms with van der Waals surface area (Å²) in [6, 6.07) is 4.92. The van der Waals surface area contributed by atoms with Gasteiger partial charge in [-0.15, -0.1) is 0 Å². The summed E-state index contributed by atoms with van der Waals surface area (Å²) in [4.78, 5) is 23.2. The summed E-state index contributed by atoms with van der Waals surface area (Å²) in [6.07, 6.45) is 9.33. The van der Waals surface area contributed by atoms with Crippen LogP contribution in [0.4, 0.5) is 10.3 Å². The number of benzene rings is 1. The highest BCUT2D eigenvalue weighted by Gasteiger charge is 2.43. The molecule has 2 fully saturated rings. The van der Waals surface area contributed by atoms with Crippen LogP contribution in [0.1, 0.15) is 57.1 Å². The van der Waals surface area contributed by atoms with Gasteiger partial charge in [-0.3, -0.25) is 4.79 Å². The van der Waals surface area contributed by atoms with Crippen molar-refractivity contribution in [1.82, 2.24) is 15.3 Å². The van der Waals surface area contributed by atoms with Gasteiger partial charge in [0.05, 0.1) is 13.0 Å². The van der Waals surface area contributed by atoms with E-state index in [0.717, 1.165) is 49.3 Å². The van der Waals surface area contributed by atoms with Gasteiger partial charge >= 0.3 is 0 Å². The maximum Gasteiger partial charge on any atom is 0.225 e. The molecular weight excluding hydrogens is 431 g/mol. The number of aryl methyl sites for hydroxylation is 1. The third-order valence-corrected chi connectivity index (χ3v) is 7.33. The molecule has 2 aromatic rings. The lowest BCUT2D eigenvalue weighted by Crippen LogP contribution is -2.35. The Balaban J connectivity index is 1.16. The molecule has 1 saturated carbocycles. The summed E-state index contributed by atoms with van der Waals surface area (Å²) >= 11 is 0. The van der Waals surface area contributed by atoms with Gasteiger partial charge in [0.2, 0.25) is 11.9 Å². The van der Waals surface area contributed by atoms with Crippen molar-refractivity contribution >= 4 is 11.9 Å². The number of rotatable bonds is 10. The number of anilines is 1. The molecule has 34 heavy (non-hydrogen) atoms. The average Bonchev–Trinajstić information content (AvgIpc) is 3.61. The first-order valence-electron chi connectivity index (χ1n) is 12.7. The smallest absolute Gasteiger partial charge is 0.225 e. The van der Waals surface area contributed by atoms with Crippen LogP contribution in [0, 0.1) is 30.5 Å². The first kappa shape index (κ1) is 24.4. The summed E-state index contributed by atoms with van der Waals surface area (Å²) in [6.45, 7) is 8.60. The van der Waals surface area contributed by atoms with E-state index in [2.05, 4.69) is 20.2 Å². The van der Waals surface area contributed by atoms with Crippen molar-refractivity contribution in [3.05, 3.63) is 47.5 Å². The number of amides is 1. The van der Waals surface area contributed by atoms with Gasteiger partial charge in [0.15, 0.2) is 0 Å². The standard InChI is InChI=1S/C27H37FN4O2/c1-4-19(3)31-26(33)14-22-5-6-23(15-25(22)28)34-12-9-21-13-24(21)20-7-10-32(11-8-20)27-29-16-18(2)17-30-27/h5-6,15-17,19-21,24H,4,7-14H2,1-3H3,(H,31,33)/t19?,21-,24-/m1/s1. The number of carbonyl (C=O) groups is 1. The molecule has 1 N–H and O–H groups in total. The van der Waals surface area contributed by atoms with E-state index in [0.29, 0.717) is 23.8 Å². The largest absolute Gasteiger partial charge is 0.493 e. The molecule has 1 amide bonds. The van der Waals surface area contributed by atoms with Gasteiger partial charge in [-0.25, -0.2) is 14.4 Å². The fraction of sp³-hybridized carbons (Fsp3) is 0.593. The first-order chi connectivity index (χ1) is 16.4. The molecule has 2 aliphatic rings. The van der Waals surface area contributed by atoms with Crippen LogP contribution < -0.4 is 15.0 Å². The summed E-state index contributed by atoms with van der Waals surface area (Å²) in [5.74, 6) is 3.11. The highest BCUT2D eigenvalue weighted by atomic mass is 19.1. The summed E-state index contributed by atoms with van der Waals surface area (Å²) in [5.41, 5.74) is 1.49. The van der Waals surface area contributed by atoms with Crippen LogP contribution in [0.3, 0.4) is 0 Å². The first-order valence-corrected chi connectivity index (χ1v) is 12.7. The predicted molar refractivity (Wildman–Crippen MR) is 131 cm³/mol. The van der Waals surface area contributed by atoms with Crippen molar-refractivity contribution in [3.8, 4) is 5.75 Å². The Morgan fingerprint density at radius 2 is 2.00 bits per heavy atom. The van der Waals surface area contributed by atoms with E-state index >= 15 is 0 Å². The van der Waals surface area contributed by atoms with Crippen molar-refractivity contribution in [3.63, 3.8) is 0 Å². The van der Waals surface area contributed by atoms with Gasteiger partial charge in [0.1, 0.15) is 11.6 Å².